The van der Waals surface area contributed by atoms with Gasteiger partial charge in [-0.1, -0.05) is 23.8 Å². The number of aryl methyl sites for hydroxylation is 1. The minimum Gasteiger partial charge on any atom is -0.308 e. The number of anilines is 1. The van der Waals surface area contributed by atoms with Crippen molar-refractivity contribution in [1.82, 2.24) is 0 Å². The summed E-state index contributed by atoms with van der Waals surface area (Å²) in [6, 6.07) is 8.09. The Balaban J connectivity index is 2.28. The molecular weight excluding hydrogens is 186 g/mol. The molecule has 1 amide bonds. The van der Waals surface area contributed by atoms with Crippen LogP contribution in [0.4, 0.5) is 5.69 Å². The monoisotopic (exact) mass is 201 g/mol. The molecule has 1 aliphatic rings. The van der Waals surface area contributed by atoms with E-state index in [-0.39, 0.29) is 5.91 Å². The molecule has 0 atom stereocenters. The number of amides is 1. The lowest BCUT2D eigenvalue weighted by Gasteiger charge is -2.26. The predicted octanol–water partition coefficient (Wildman–Crippen LogP) is 2.68. The highest BCUT2D eigenvalue weighted by molar-refractivity contribution is 6.05. The zero-order chi connectivity index (χ0) is 10.8. The Bertz CT molecular complexity index is 403. The number of nitrogens with zero attached hydrogens (tertiary/aromatic N) is 1. The van der Waals surface area contributed by atoms with Crippen molar-refractivity contribution in [2.24, 2.45) is 0 Å². The lowest BCUT2D eigenvalue weighted by Crippen LogP contribution is -2.34. The van der Waals surface area contributed by atoms with Crippen molar-refractivity contribution in [2.75, 3.05) is 11.4 Å². The van der Waals surface area contributed by atoms with E-state index in [1.807, 2.05) is 49.1 Å². The van der Waals surface area contributed by atoms with Gasteiger partial charge in [0.15, 0.2) is 0 Å². The minimum atomic E-state index is 0.130. The first-order valence-corrected chi connectivity index (χ1v) is 5.24. The van der Waals surface area contributed by atoms with Crippen LogP contribution in [-0.4, -0.2) is 12.5 Å². The van der Waals surface area contributed by atoms with E-state index in [4.69, 9.17) is 0 Å². The number of hydrogen-bond acceptors (Lipinski definition) is 1. The largest absolute Gasteiger partial charge is 0.308 e. The number of carbonyl (C=O) groups is 1. The lowest BCUT2D eigenvalue weighted by atomic mass is 10.1. The van der Waals surface area contributed by atoms with Crippen LogP contribution in [0, 0.1) is 6.92 Å². The van der Waals surface area contributed by atoms with Gasteiger partial charge in [0.05, 0.1) is 0 Å². The molecule has 0 saturated heterocycles. The van der Waals surface area contributed by atoms with Gasteiger partial charge in [0, 0.05) is 17.8 Å². The van der Waals surface area contributed by atoms with Crippen molar-refractivity contribution in [2.45, 2.75) is 20.3 Å². The number of hydrogen-bond donors (Lipinski definition) is 0. The molecule has 2 rings (SSSR count). The first-order valence-electron chi connectivity index (χ1n) is 5.24. The quantitative estimate of drug-likeness (QED) is 0.684. The van der Waals surface area contributed by atoms with Crippen molar-refractivity contribution >= 4 is 11.6 Å². The molecule has 1 aromatic carbocycles. The first kappa shape index (κ1) is 9.97. The van der Waals surface area contributed by atoms with Crippen LogP contribution < -0.4 is 4.90 Å². The summed E-state index contributed by atoms with van der Waals surface area (Å²) in [6.45, 7) is 4.72. The van der Waals surface area contributed by atoms with E-state index in [0.29, 0.717) is 0 Å². The Morgan fingerprint density at radius 1 is 1.13 bits per heavy atom. The molecule has 0 fully saturated rings. The predicted molar refractivity (Wildman–Crippen MR) is 61.9 cm³/mol. The van der Waals surface area contributed by atoms with Crippen LogP contribution in [-0.2, 0) is 4.79 Å². The molecule has 2 heteroatoms. The Labute approximate surface area is 90.2 Å². The lowest BCUT2D eigenvalue weighted by molar-refractivity contribution is -0.115. The normalized spacial score (nSPS) is 16.5. The van der Waals surface area contributed by atoms with Crippen LogP contribution in [0.25, 0.3) is 0 Å². The summed E-state index contributed by atoms with van der Waals surface area (Å²) in [7, 11) is 0. The van der Waals surface area contributed by atoms with Crippen molar-refractivity contribution in [3.8, 4) is 0 Å². The van der Waals surface area contributed by atoms with Gasteiger partial charge < -0.3 is 4.90 Å². The average molecular weight is 201 g/mol. The molecule has 0 spiro atoms. The van der Waals surface area contributed by atoms with E-state index < -0.39 is 0 Å². The van der Waals surface area contributed by atoms with E-state index in [9.17, 15) is 4.79 Å². The van der Waals surface area contributed by atoms with Crippen molar-refractivity contribution < 1.29 is 4.79 Å². The second-order valence-corrected chi connectivity index (χ2v) is 3.97. The Kier molecular flexibility index (Phi) is 2.58. The molecule has 78 valence electrons. The fourth-order valence-corrected chi connectivity index (χ4v) is 1.78. The second kappa shape index (κ2) is 3.89. The highest BCUT2D eigenvalue weighted by atomic mass is 16.2. The van der Waals surface area contributed by atoms with Crippen molar-refractivity contribution in [3.63, 3.8) is 0 Å². The number of rotatable bonds is 1. The summed E-state index contributed by atoms with van der Waals surface area (Å²) >= 11 is 0. The minimum absolute atomic E-state index is 0.130. The zero-order valence-corrected chi connectivity index (χ0v) is 9.16. The molecule has 1 aliphatic heterocycles. The Morgan fingerprint density at radius 3 is 2.47 bits per heavy atom. The summed E-state index contributed by atoms with van der Waals surface area (Å²) < 4.78 is 0. The Morgan fingerprint density at radius 2 is 1.80 bits per heavy atom. The van der Waals surface area contributed by atoms with Gasteiger partial charge in [-0.15, -0.1) is 0 Å². The van der Waals surface area contributed by atoms with Crippen LogP contribution in [0.1, 0.15) is 18.9 Å². The highest BCUT2D eigenvalue weighted by Crippen LogP contribution is 2.20. The Hall–Kier alpha value is -1.57. The molecule has 0 bridgehead atoms. The maximum absolute atomic E-state index is 11.9. The fraction of sp³-hybridized carbons (Fsp3) is 0.308. The SMILES string of the molecule is CC1=CCCN(c2ccc(C)cc2)C1=O. The molecule has 0 aliphatic carbocycles. The molecule has 0 unspecified atom stereocenters. The van der Waals surface area contributed by atoms with E-state index in [1.165, 1.54) is 5.56 Å². The standard InChI is InChI=1S/C13H15NO/c1-10-5-7-12(8-6-10)14-9-3-4-11(2)13(14)15/h4-8H,3,9H2,1-2H3. The van der Waals surface area contributed by atoms with Gasteiger partial charge in [-0.2, -0.15) is 0 Å². The summed E-state index contributed by atoms with van der Waals surface area (Å²) in [6.07, 6.45) is 2.96. The first-order chi connectivity index (χ1) is 7.18. The zero-order valence-electron chi connectivity index (χ0n) is 9.16. The van der Waals surface area contributed by atoms with E-state index in [0.717, 1.165) is 24.2 Å². The molecule has 0 N–H and O–H groups in total. The van der Waals surface area contributed by atoms with Crippen molar-refractivity contribution in [3.05, 3.63) is 41.5 Å². The van der Waals surface area contributed by atoms with E-state index in [1.54, 1.807) is 0 Å². The molecule has 1 heterocycles. The third-order valence-electron chi connectivity index (χ3n) is 2.73. The summed E-state index contributed by atoms with van der Waals surface area (Å²) in [4.78, 5) is 13.7. The molecule has 0 radical (unpaired) electrons. The van der Waals surface area contributed by atoms with Gasteiger partial charge in [-0.3, -0.25) is 4.79 Å². The van der Waals surface area contributed by atoms with Gasteiger partial charge in [0.2, 0.25) is 0 Å². The van der Waals surface area contributed by atoms with Crippen LogP contribution >= 0.6 is 0 Å². The van der Waals surface area contributed by atoms with E-state index in [2.05, 4.69) is 0 Å². The van der Waals surface area contributed by atoms with Gasteiger partial charge in [-0.25, -0.2) is 0 Å². The summed E-state index contributed by atoms with van der Waals surface area (Å²) in [5.41, 5.74) is 3.07. The van der Waals surface area contributed by atoms with Crippen LogP contribution in [0.2, 0.25) is 0 Å². The molecule has 2 nitrogen and oxygen atoms in total. The number of carbonyl (C=O) groups excluding carboxylic acids is 1. The molecule has 15 heavy (non-hydrogen) atoms. The molecule has 0 aromatic heterocycles. The molecule has 0 saturated carbocycles. The maximum Gasteiger partial charge on any atom is 0.253 e. The van der Waals surface area contributed by atoms with Gasteiger partial charge in [-0.05, 0) is 32.4 Å². The summed E-state index contributed by atoms with van der Waals surface area (Å²) in [5, 5.41) is 0. The van der Waals surface area contributed by atoms with Crippen molar-refractivity contribution in [1.29, 1.82) is 0 Å². The van der Waals surface area contributed by atoms with Crippen LogP contribution in [0.3, 0.4) is 0 Å². The van der Waals surface area contributed by atoms with Gasteiger partial charge in [0.1, 0.15) is 0 Å². The molecule has 1 aromatic rings. The maximum atomic E-state index is 11.9. The fourth-order valence-electron chi connectivity index (χ4n) is 1.78. The number of benzene rings is 1. The highest BCUT2D eigenvalue weighted by Gasteiger charge is 2.19. The van der Waals surface area contributed by atoms with Gasteiger partial charge in [0.25, 0.3) is 5.91 Å². The summed E-state index contributed by atoms with van der Waals surface area (Å²) in [5.74, 6) is 0.130. The topological polar surface area (TPSA) is 20.3 Å². The van der Waals surface area contributed by atoms with Crippen LogP contribution in [0.5, 0.6) is 0 Å². The van der Waals surface area contributed by atoms with Gasteiger partial charge >= 0.3 is 0 Å². The second-order valence-electron chi connectivity index (χ2n) is 3.97. The average Bonchev–Trinajstić information content (AvgIpc) is 2.24. The molecular formula is C13H15NO. The van der Waals surface area contributed by atoms with E-state index >= 15 is 0 Å². The smallest absolute Gasteiger partial charge is 0.253 e. The third-order valence-corrected chi connectivity index (χ3v) is 2.73. The van der Waals surface area contributed by atoms with Crippen LogP contribution in [0.15, 0.2) is 35.9 Å². The third kappa shape index (κ3) is 1.94.